The highest BCUT2D eigenvalue weighted by molar-refractivity contribution is 5.64. The number of primary amides is 1. The molecule has 0 saturated heterocycles. The average Bonchev–Trinajstić information content (AvgIpc) is 2.39. The predicted octanol–water partition coefficient (Wildman–Crippen LogP) is 3.86. The zero-order valence-corrected chi connectivity index (χ0v) is 12.6. The van der Waals surface area contributed by atoms with E-state index in [2.05, 4.69) is 45.0 Å². The molecular formula is C17H25NO2. The summed E-state index contributed by atoms with van der Waals surface area (Å²) in [5.41, 5.74) is 6.51. The third-order valence-corrected chi connectivity index (χ3v) is 4.77. The molecule has 1 aliphatic carbocycles. The molecule has 0 spiro atoms. The molecule has 1 aromatic carbocycles. The van der Waals surface area contributed by atoms with Crippen molar-refractivity contribution < 1.29 is 9.53 Å². The summed E-state index contributed by atoms with van der Waals surface area (Å²) in [6.45, 7) is 6.68. The SMILES string of the molecule is CC1CCC(C(C)(C)c2ccccc2)C(OC(N)=O)C1. The summed E-state index contributed by atoms with van der Waals surface area (Å²) in [6.07, 6.45) is 2.43. The summed E-state index contributed by atoms with van der Waals surface area (Å²) in [7, 11) is 0. The van der Waals surface area contributed by atoms with Crippen LogP contribution in [0.1, 0.15) is 45.6 Å². The van der Waals surface area contributed by atoms with Gasteiger partial charge in [0.05, 0.1) is 0 Å². The van der Waals surface area contributed by atoms with E-state index < -0.39 is 6.09 Å². The third-order valence-electron chi connectivity index (χ3n) is 4.77. The Morgan fingerprint density at radius 2 is 1.90 bits per heavy atom. The van der Waals surface area contributed by atoms with Gasteiger partial charge in [0.25, 0.3) is 0 Å². The maximum atomic E-state index is 11.2. The molecular weight excluding hydrogens is 250 g/mol. The van der Waals surface area contributed by atoms with Crippen molar-refractivity contribution >= 4 is 6.09 Å². The van der Waals surface area contributed by atoms with Crippen LogP contribution in [0.15, 0.2) is 30.3 Å². The van der Waals surface area contributed by atoms with E-state index in [1.54, 1.807) is 0 Å². The van der Waals surface area contributed by atoms with E-state index in [1.807, 2.05) is 6.07 Å². The lowest BCUT2D eigenvalue weighted by molar-refractivity contribution is 0.000689. The number of rotatable bonds is 3. The normalized spacial score (nSPS) is 27.1. The molecule has 1 fully saturated rings. The second-order valence-corrected chi connectivity index (χ2v) is 6.59. The van der Waals surface area contributed by atoms with E-state index in [-0.39, 0.29) is 11.5 Å². The second kappa shape index (κ2) is 5.86. The first-order valence-corrected chi connectivity index (χ1v) is 7.43. The smallest absolute Gasteiger partial charge is 0.404 e. The second-order valence-electron chi connectivity index (χ2n) is 6.59. The Morgan fingerprint density at radius 1 is 1.25 bits per heavy atom. The lowest BCUT2D eigenvalue weighted by atomic mass is 9.64. The van der Waals surface area contributed by atoms with Crippen molar-refractivity contribution in [2.75, 3.05) is 0 Å². The van der Waals surface area contributed by atoms with Crippen molar-refractivity contribution in [3.63, 3.8) is 0 Å². The van der Waals surface area contributed by atoms with E-state index in [4.69, 9.17) is 10.5 Å². The molecule has 0 aliphatic heterocycles. The molecule has 0 bridgehead atoms. The fourth-order valence-corrected chi connectivity index (χ4v) is 3.52. The van der Waals surface area contributed by atoms with E-state index in [0.29, 0.717) is 11.8 Å². The fourth-order valence-electron chi connectivity index (χ4n) is 3.52. The van der Waals surface area contributed by atoms with Crippen LogP contribution < -0.4 is 5.73 Å². The first kappa shape index (κ1) is 14.9. The molecule has 110 valence electrons. The highest BCUT2D eigenvalue weighted by Gasteiger charge is 2.41. The highest BCUT2D eigenvalue weighted by atomic mass is 16.6. The van der Waals surface area contributed by atoms with Gasteiger partial charge in [-0.3, -0.25) is 0 Å². The van der Waals surface area contributed by atoms with Crippen LogP contribution in [0.3, 0.4) is 0 Å². The standard InChI is InChI=1S/C17H25NO2/c1-12-9-10-14(15(11-12)20-16(18)19)17(2,3)13-7-5-4-6-8-13/h4-8,12,14-15H,9-11H2,1-3H3,(H2,18,19). The monoisotopic (exact) mass is 275 g/mol. The average molecular weight is 275 g/mol. The molecule has 2 N–H and O–H groups in total. The summed E-state index contributed by atoms with van der Waals surface area (Å²) >= 11 is 0. The minimum atomic E-state index is -0.655. The van der Waals surface area contributed by atoms with Gasteiger partial charge in [0.2, 0.25) is 0 Å². The van der Waals surface area contributed by atoms with Crippen LogP contribution in [0, 0.1) is 11.8 Å². The lowest BCUT2D eigenvalue weighted by Gasteiger charge is -2.43. The Hall–Kier alpha value is -1.51. The van der Waals surface area contributed by atoms with Gasteiger partial charge in [-0.15, -0.1) is 0 Å². The molecule has 0 radical (unpaired) electrons. The van der Waals surface area contributed by atoms with Gasteiger partial charge in [-0.25, -0.2) is 4.79 Å². The third kappa shape index (κ3) is 3.14. The molecule has 1 saturated carbocycles. The number of hydrogen-bond donors (Lipinski definition) is 1. The summed E-state index contributed by atoms with van der Waals surface area (Å²) < 4.78 is 5.42. The van der Waals surface area contributed by atoms with Crippen molar-refractivity contribution in [1.82, 2.24) is 0 Å². The summed E-state index contributed by atoms with van der Waals surface area (Å²) in [5, 5.41) is 0. The zero-order valence-electron chi connectivity index (χ0n) is 12.6. The van der Waals surface area contributed by atoms with Gasteiger partial charge in [0.1, 0.15) is 6.10 Å². The number of amides is 1. The Morgan fingerprint density at radius 3 is 2.50 bits per heavy atom. The first-order chi connectivity index (χ1) is 9.41. The molecule has 1 aliphatic rings. The quantitative estimate of drug-likeness (QED) is 0.910. The number of hydrogen-bond acceptors (Lipinski definition) is 2. The summed E-state index contributed by atoms with van der Waals surface area (Å²) in [6, 6.07) is 10.5. The van der Waals surface area contributed by atoms with Gasteiger partial charge in [-0.2, -0.15) is 0 Å². The summed E-state index contributed by atoms with van der Waals surface area (Å²) in [4.78, 5) is 11.2. The van der Waals surface area contributed by atoms with Gasteiger partial charge in [-0.05, 0) is 29.7 Å². The number of benzene rings is 1. The highest BCUT2D eigenvalue weighted by Crippen LogP contribution is 2.43. The molecule has 1 amide bonds. The lowest BCUT2D eigenvalue weighted by Crippen LogP contribution is -2.44. The molecule has 3 nitrogen and oxygen atoms in total. The Kier molecular flexibility index (Phi) is 4.36. The molecule has 3 unspecified atom stereocenters. The fraction of sp³-hybridized carbons (Fsp3) is 0.588. The molecule has 0 heterocycles. The van der Waals surface area contributed by atoms with Gasteiger partial charge in [-0.1, -0.05) is 57.5 Å². The van der Waals surface area contributed by atoms with Gasteiger partial charge in [0.15, 0.2) is 0 Å². The minimum Gasteiger partial charge on any atom is -0.446 e. The topological polar surface area (TPSA) is 52.3 Å². The molecule has 20 heavy (non-hydrogen) atoms. The Bertz CT molecular complexity index is 455. The number of ether oxygens (including phenoxy) is 1. The molecule has 1 aromatic rings. The van der Waals surface area contributed by atoms with Crippen LogP contribution in [0.5, 0.6) is 0 Å². The van der Waals surface area contributed by atoms with Crippen LogP contribution in [-0.4, -0.2) is 12.2 Å². The maximum Gasteiger partial charge on any atom is 0.404 e. The van der Waals surface area contributed by atoms with Crippen molar-refractivity contribution in [3.05, 3.63) is 35.9 Å². The van der Waals surface area contributed by atoms with Gasteiger partial charge in [0, 0.05) is 5.92 Å². The van der Waals surface area contributed by atoms with Crippen LogP contribution in [0.25, 0.3) is 0 Å². The minimum absolute atomic E-state index is 0.0263. The van der Waals surface area contributed by atoms with E-state index in [0.717, 1.165) is 12.8 Å². The first-order valence-electron chi connectivity index (χ1n) is 7.43. The molecule has 2 rings (SSSR count). The molecule has 3 atom stereocenters. The van der Waals surface area contributed by atoms with Crippen molar-refractivity contribution in [1.29, 1.82) is 0 Å². The van der Waals surface area contributed by atoms with Crippen molar-refractivity contribution in [2.24, 2.45) is 17.6 Å². The predicted molar refractivity (Wildman–Crippen MR) is 80.4 cm³/mol. The van der Waals surface area contributed by atoms with E-state index in [9.17, 15) is 4.79 Å². The van der Waals surface area contributed by atoms with Crippen LogP contribution in [0.2, 0.25) is 0 Å². The van der Waals surface area contributed by atoms with Gasteiger partial charge < -0.3 is 10.5 Å². The van der Waals surface area contributed by atoms with Crippen molar-refractivity contribution in [2.45, 2.75) is 51.6 Å². The molecule has 3 heteroatoms. The number of nitrogens with two attached hydrogens (primary N) is 1. The number of carbonyl (C=O) groups excluding carboxylic acids is 1. The van der Waals surface area contributed by atoms with E-state index in [1.165, 1.54) is 12.0 Å². The van der Waals surface area contributed by atoms with Crippen molar-refractivity contribution in [3.8, 4) is 0 Å². The number of carbonyl (C=O) groups is 1. The van der Waals surface area contributed by atoms with E-state index >= 15 is 0 Å². The Balaban J connectivity index is 2.25. The summed E-state index contributed by atoms with van der Waals surface area (Å²) in [5.74, 6) is 0.899. The van der Waals surface area contributed by atoms with Crippen LogP contribution in [-0.2, 0) is 10.2 Å². The Labute approximate surface area is 121 Å². The zero-order chi connectivity index (χ0) is 14.8. The molecule has 0 aromatic heterocycles. The van der Waals surface area contributed by atoms with Gasteiger partial charge >= 0.3 is 6.09 Å². The maximum absolute atomic E-state index is 11.2. The van der Waals surface area contributed by atoms with Crippen LogP contribution in [0.4, 0.5) is 4.79 Å². The largest absolute Gasteiger partial charge is 0.446 e. The van der Waals surface area contributed by atoms with Crippen LogP contribution >= 0.6 is 0 Å².